The molecule has 0 aliphatic carbocycles. The SMILES string of the molecule is CCC1CCN(C(=O)NCCC(C)CCC(=O)O)C1. The minimum Gasteiger partial charge on any atom is -0.481 e. The van der Waals surface area contributed by atoms with E-state index >= 15 is 0 Å². The Morgan fingerprint density at radius 1 is 1.42 bits per heavy atom. The van der Waals surface area contributed by atoms with Crippen LogP contribution >= 0.6 is 0 Å². The van der Waals surface area contributed by atoms with Crippen LogP contribution in [0.15, 0.2) is 0 Å². The Kier molecular flexibility index (Phi) is 6.67. The number of hydrogen-bond donors (Lipinski definition) is 2. The van der Waals surface area contributed by atoms with Crippen LogP contribution in [0.4, 0.5) is 4.79 Å². The van der Waals surface area contributed by atoms with Crippen molar-refractivity contribution < 1.29 is 14.7 Å². The van der Waals surface area contributed by atoms with Gasteiger partial charge in [-0.05, 0) is 31.1 Å². The van der Waals surface area contributed by atoms with Gasteiger partial charge in [0.25, 0.3) is 0 Å². The van der Waals surface area contributed by atoms with Crippen molar-refractivity contribution >= 4 is 12.0 Å². The third-order valence-corrected chi connectivity index (χ3v) is 3.91. The molecule has 2 amide bonds. The van der Waals surface area contributed by atoms with Crippen LogP contribution in [0, 0.1) is 11.8 Å². The summed E-state index contributed by atoms with van der Waals surface area (Å²) in [6.07, 6.45) is 3.96. The molecule has 1 rings (SSSR count). The predicted molar refractivity (Wildman–Crippen MR) is 74.0 cm³/mol. The van der Waals surface area contributed by atoms with Gasteiger partial charge >= 0.3 is 12.0 Å². The molecule has 0 spiro atoms. The first-order valence-electron chi connectivity index (χ1n) is 7.27. The first-order chi connectivity index (χ1) is 9.02. The number of nitrogens with one attached hydrogen (secondary N) is 1. The normalized spacial score (nSPS) is 20.3. The molecule has 0 bridgehead atoms. The average Bonchev–Trinajstić information content (AvgIpc) is 2.85. The van der Waals surface area contributed by atoms with E-state index in [-0.39, 0.29) is 12.5 Å². The zero-order valence-electron chi connectivity index (χ0n) is 12.0. The Morgan fingerprint density at radius 3 is 2.74 bits per heavy atom. The lowest BCUT2D eigenvalue weighted by atomic mass is 10.0. The van der Waals surface area contributed by atoms with E-state index in [1.807, 2.05) is 11.8 Å². The lowest BCUT2D eigenvalue weighted by molar-refractivity contribution is -0.137. The van der Waals surface area contributed by atoms with Crippen molar-refractivity contribution in [2.45, 2.75) is 46.0 Å². The summed E-state index contributed by atoms with van der Waals surface area (Å²) in [6, 6.07) is 0.0291. The Bertz CT molecular complexity index is 307. The number of amides is 2. The summed E-state index contributed by atoms with van der Waals surface area (Å²) in [7, 11) is 0. The molecule has 2 unspecified atom stereocenters. The lowest BCUT2D eigenvalue weighted by Gasteiger charge is -2.18. The monoisotopic (exact) mass is 270 g/mol. The predicted octanol–water partition coefficient (Wildman–Crippen LogP) is 2.32. The standard InChI is InChI=1S/C14H26N2O3/c1-3-12-7-9-16(10-12)14(19)15-8-6-11(2)4-5-13(17)18/h11-12H,3-10H2,1-2H3,(H,15,19)(H,17,18). The fraction of sp³-hybridized carbons (Fsp3) is 0.857. The molecule has 5 heteroatoms. The van der Waals surface area contributed by atoms with E-state index in [1.54, 1.807) is 0 Å². The first-order valence-corrected chi connectivity index (χ1v) is 7.27. The van der Waals surface area contributed by atoms with Crippen LogP contribution in [-0.2, 0) is 4.79 Å². The molecule has 0 aromatic heterocycles. The number of nitrogens with zero attached hydrogens (tertiary/aromatic N) is 1. The molecule has 1 fully saturated rings. The average molecular weight is 270 g/mol. The lowest BCUT2D eigenvalue weighted by Crippen LogP contribution is -2.39. The molecule has 1 saturated heterocycles. The molecule has 110 valence electrons. The van der Waals surface area contributed by atoms with E-state index in [4.69, 9.17) is 5.11 Å². The number of aliphatic carboxylic acids is 1. The van der Waals surface area contributed by atoms with Gasteiger partial charge in [0, 0.05) is 26.1 Å². The number of urea groups is 1. The second-order valence-electron chi connectivity index (χ2n) is 5.57. The zero-order chi connectivity index (χ0) is 14.3. The zero-order valence-corrected chi connectivity index (χ0v) is 12.0. The maximum Gasteiger partial charge on any atom is 0.317 e. The Morgan fingerprint density at radius 2 is 2.16 bits per heavy atom. The van der Waals surface area contributed by atoms with E-state index in [1.165, 1.54) is 0 Å². The number of rotatable bonds is 7. The van der Waals surface area contributed by atoms with Crippen molar-refractivity contribution in [3.05, 3.63) is 0 Å². The summed E-state index contributed by atoms with van der Waals surface area (Å²) in [6.45, 7) is 6.55. The summed E-state index contributed by atoms with van der Waals surface area (Å²) < 4.78 is 0. The van der Waals surface area contributed by atoms with E-state index < -0.39 is 5.97 Å². The van der Waals surface area contributed by atoms with E-state index in [0.717, 1.165) is 32.4 Å². The molecule has 5 nitrogen and oxygen atoms in total. The maximum absolute atomic E-state index is 11.9. The molecule has 0 saturated carbocycles. The highest BCUT2D eigenvalue weighted by molar-refractivity contribution is 5.74. The van der Waals surface area contributed by atoms with E-state index in [2.05, 4.69) is 12.2 Å². The Labute approximate surface area is 115 Å². The molecule has 2 N–H and O–H groups in total. The number of carbonyl (C=O) groups is 2. The molecule has 1 aliphatic heterocycles. The summed E-state index contributed by atoms with van der Waals surface area (Å²) in [5, 5.41) is 11.5. The third kappa shape index (κ3) is 5.94. The van der Waals surface area contributed by atoms with Crippen LogP contribution in [0.2, 0.25) is 0 Å². The first kappa shape index (κ1) is 15.8. The van der Waals surface area contributed by atoms with Crippen LogP contribution < -0.4 is 5.32 Å². The highest BCUT2D eigenvalue weighted by Gasteiger charge is 2.24. The molecular formula is C14H26N2O3. The van der Waals surface area contributed by atoms with Crippen LogP contribution in [-0.4, -0.2) is 41.6 Å². The molecule has 0 aromatic rings. The minimum absolute atomic E-state index is 0.0291. The number of carbonyl (C=O) groups excluding carboxylic acids is 1. The number of hydrogen-bond acceptors (Lipinski definition) is 2. The molecule has 2 atom stereocenters. The summed E-state index contributed by atoms with van der Waals surface area (Å²) in [5.41, 5.74) is 0. The van der Waals surface area contributed by atoms with Gasteiger partial charge in [0.2, 0.25) is 0 Å². The van der Waals surface area contributed by atoms with Gasteiger partial charge in [-0.3, -0.25) is 4.79 Å². The van der Waals surface area contributed by atoms with Crippen molar-refractivity contribution in [3.63, 3.8) is 0 Å². The van der Waals surface area contributed by atoms with Crippen molar-refractivity contribution in [1.82, 2.24) is 10.2 Å². The summed E-state index contributed by atoms with van der Waals surface area (Å²) in [4.78, 5) is 24.2. The van der Waals surface area contributed by atoms with Crippen LogP contribution in [0.5, 0.6) is 0 Å². The smallest absolute Gasteiger partial charge is 0.317 e. The second kappa shape index (κ2) is 8.02. The summed E-state index contributed by atoms with van der Waals surface area (Å²) >= 11 is 0. The van der Waals surface area contributed by atoms with Gasteiger partial charge in [-0.25, -0.2) is 4.79 Å². The molecule has 0 aromatic carbocycles. The van der Waals surface area contributed by atoms with Crippen molar-refractivity contribution in [2.24, 2.45) is 11.8 Å². The van der Waals surface area contributed by atoms with E-state index in [0.29, 0.717) is 24.8 Å². The topological polar surface area (TPSA) is 69.6 Å². The van der Waals surface area contributed by atoms with Crippen LogP contribution in [0.25, 0.3) is 0 Å². The second-order valence-corrected chi connectivity index (χ2v) is 5.57. The largest absolute Gasteiger partial charge is 0.481 e. The quantitative estimate of drug-likeness (QED) is 0.746. The fourth-order valence-electron chi connectivity index (χ4n) is 2.40. The molecule has 1 heterocycles. The number of likely N-dealkylation sites (tertiary alicyclic amines) is 1. The van der Waals surface area contributed by atoms with Crippen molar-refractivity contribution in [3.8, 4) is 0 Å². The maximum atomic E-state index is 11.9. The minimum atomic E-state index is -0.751. The van der Waals surface area contributed by atoms with Gasteiger partial charge in [0.05, 0.1) is 0 Å². The fourth-order valence-corrected chi connectivity index (χ4v) is 2.40. The van der Waals surface area contributed by atoms with Gasteiger partial charge in [-0.15, -0.1) is 0 Å². The van der Waals surface area contributed by atoms with Crippen molar-refractivity contribution in [1.29, 1.82) is 0 Å². The van der Waals surface area contributed by atoms with Gasteiger partial charge in [0.15, 0.2) is 0 Å². The number of carboxylic acids is 1. The van der Waals surface area contributed by atoms with Gasteiger partial charge in [-0.1, -0.05) is 20.3 Å². The Balaban J connectivity index is 2.12. The van der Waals surface area contributed by atoms with Crippen LogP contribution in [0.3, 0.4) is 0 Å². The highest BCUT2D eigenvalue weighted by Crippen LogP contribution is 2.18. The van der Waals surface area contributed by atoms with Crippen LogP contribution in [0.1, 0.15) is 46.0 Å². The third-order valence-electron chi connectivity index (χ3n) is 3.91. The van der Waals surface area contributed by atoms with Crippen molar-refractivity contribution in [2.75, 3.05) is 19.6 Å². The summed E-state index contributed by atoms with van der Waals surface area (Å²) in [5.74, 6) is 0.233. The molecular weight excluding hydrogens is 244 g/mol. The molecule has 1 aliphatic rings. The number of carboxylic acid groups (broad SMARTS) is 1. The van der Waals surface area contributed by atoms with E-state index in [9.17, 15) is 9.59 Å². The van der Waals surface area contributed by atoms with Gasteiger partial charge < -0.3 is 15.3 Å². The molecule has 0 radical (unpaired) electrons. The van der Waals surface area contributed by atoms with Gasteiger partial charge in [-0.2, -0.15) is 0 Å². The highest BCUT2D eigenvalue weighted by atomic mass is 16.4. The van der Waals surface area contributed by atoms with Gasteiger partial charge in [0.1, 0.15) is 0 Å². The molecule has 19 heavy (non-hydrogen) atoms. The Hall–Kier alpha value is -1.26.